The van der Waals surface area contributed by atoms with E-state index in [9.17, 15) is 4.79 Å². The van der Waals surface area contributed by atoms with Crippen molar-refractivity contribution in [2.24, 2.45) is 0 Å². The number of carbonyl (C=O) groups excluding carboxylic acids is 1. The number of carbonyl (C=O) groups is 1. The SMILES string of the molecule is CN(C)C(=O)CNc1ncnc2[nH]ncc12. The number of amides is 1. The average molecular weight is 220 g/mol. The Hall–Kier alpha value is -2.18. The smallest absolute Gasteiger partial charge is 0.241 e. The first-order valence-corrected chi connectivity index (χ1v) is 4.76. The van der Waals surface area contributed by atoms with Crippen LogP contribution in [0, 0.1) is 0 Å². The highest BCUT2D eigenvalue weighted by Crippen LogP contribution is 2.15. The maximum atomic E-state index is 11.4. The van der Waals surface area contributed by atoms with Crippen LogP contribution in [0.5, 0.6) is 0 Å². The van der Waals surface area contributed by atoms with Crippen molar-refractivity contribution >= 4 is 22.8 Å². The lowest BCUT2D eigenvalue weighted by Crippen LogP contribution is -2.28. The van der Waals surface area contributed by atoms with Crippen molar-refractivity contribution in [3.8, 4) is 0 Å². The molecule has 2 aromatic heterocycles. The first-order valence-electron chi connectivity index (χ1n) is 4.76. The molecule has 0 radical (unpaired) electrons. The summed E-state index contributed by atoms with van der Waals surface area (Å²) in [6, 6.07) is 0. The fourth-order valence-corrected chi connectivity index (χ4v) is 1.22. The summed E-state index contributed by atoms with van der Waals surface area (Å²) in [5, 5.41) is 10.3. The number of nitrogens with one attached hydrogen (secondary N) is 2. The van der Waals surface area contributed by atoms with Gasteiger partial charge in [0.2, 0.25) is 5.91 Å². The van der Waals surface area contributed by atoms with E-state index in [1.807, 2.05) is 0 Å². The zero-order valence-corrected chi connectivity index (χ0v) is 9.06. The molecule has 0 aliphatic rings. The molecule has 2 N–H and O–H groups in total. The van der Waals surface area contributed by atoms with Crippen LogP contribution in [0.1, 0.15) is 0 Å². The molecule has 0 atom stereocenters. The predicted octanol–water partition coefficient (Wildman–Crippen LogP) is -0.147. The van der Waals surface area contributed by atoms with Crippen molar-refractivity contribution in [3.63, 3.8) is 0 Å². The van der Waals surface area contributed by atoms with Crippen molar-refractivity contribution in [1.82, 2.24) is 25.1 Å². The number of hydrogen-bond donors (Lipinski definition) is 2. The van der Waals surface area contributed by atoms with E-state index in [1.165, 1.54) is 11.2 Å². The van der Waals surface area contributed by atoms with Crippen molar-refractivity contribution in [2.45, 2.75) is 0 Å². The molecule has 2 aromatic rings. The van der Waals surface area contributed by atoms with Crippen LogP contribution in [-0.4, -0.2) is 51.6 Å². The minimum absolute atomic E-state index is 0.0183. The minimum atomic E-state index is -0.0183. The third-order valence-electron chi connectivity index (χ3n) is 2.15. The third kappa shape index (κ3) is 1.92. The molecule has 7 nitrogen and oxygen atoms in total. The monoisotopic (exact) mass is 220 g/mol. The van der Waals surface area contributed by atoms with Crippen molar-refractivity contribution in [1.29, 1.82) is 0 Å². The lowest BCUT2D eigenvalue weighted by atomic mass is 10.4. The number of fused-ring (bicyclic) bond motifs is 1. The summed E-state index contributed by atoms with van der Waals surface area (Å²) in [7, 11) is 3.41. The van der Waals surface area contributed by atoms with Crippen LogP contribution >= 0.6 is 0 Å². The molecule has 16 heavy (non-hydrogen) atoms. The first-order chi connectivity index (χ1) is 7.68. The highest BCUT2D eigenvalue weighted by molar-refractivity contribution is 5.88. The lowest BCUT2D eigenvalue weighted by molar-refractivity contribution is -0.126. The van der Waals surface area contributed by atoms with E-state index in [2.05, 4.69) is 25.5 Å². The number of aromatic amines is 1. The molecule has 0 aromatic carbocycles. The summed E-state index contributed by atoms with van der Waals surface area (Å²) in [4.78, 5) is 21.0. The van der Waals surface area contributed by atoms with Gasteiger partial charge in [0.1, 0.15) is 12.1 Å². The van der Waals surface area contributed by atoms with Crippen LogP contribution in [0.25, 0.3) is 11.0 Å². The number of anilines is 1. The van der Waals surface area contributed by atoms with E-state index in [0.29, 0.717) is 11.5 Å². The van der Waals surface area contributed by atoms with Gasteiger partial charge < -0.3 is 10.2 Å². The molecular weight excluding hydrogens is 208 g/mol. The minimum Gasteiger partial charge on any atom is -0.360 e. The van der Waals surface area contributed by atoms with Gasteiger partial charge in [-0.25, -0.2) is 9.97 Å². The Kier molecular flexibility index (Phi) is 2.67. The molecular formula is C9H12N6O. The summed E-state index contributed by atoms with van der Waals surface area (Å²) < 4.78 is 0. The molecule has 7 heteroatoms. The molecule has 0 saturated heterocycles. The van der Waals surface area contributed by atoms with Crippen LogP contribution in [-0.2, 0) is 4.79 Å². The van der Waals surface area contributed by atoms with E-state index >= 15 is 0 Å². The van der Waals surface area contributed by atoms with Crippen LogP contribution in [0.3, 0.4) is 0 Å². The van der Waals surface area contributed by atoms with Gasteiger partial charge in [-0.05, 0) is 0 Å². The Morgan fingerprint density at radius 3 is 3.06 bits per heavy atom. The summed E-state index contributed by atoms with van der Waals surface area (Å²) in [6.07, 6.45) is 3.04. The molecule has 0 unspecified atom stereocenters. The van der Waals surface area contributed by atoms with Crippen molar-refractivity contribution in [3.05, 3.63) is 12.5 Å². The van der Waals surface area contributed by atoms with Crippen LogP contribution in [0.2, 0.25) is 0 Å². The molecule has 84 valence electrons. The fourth-order valence-electron chi connectivity index (χ4n) is 1.22. The second kappa shape index (κ2) is 4.13. The van der Waals surface area contributed by atoms with E-state index in [0.717, 1.165) is 5.39 Å². The van der Waals surface area contributed by atoms with E-state index in [1.54, 1.807) is 20.3 Å². The lowest BCUT2D eigenvalue weighted by Gasteiger charge is -2.11. The van der Waals surface area contributed by atoms with E-state index in [4.69, 9.17) is 0 Å². The van der Waals surface area contributed by atoms with Gasteiger partial charge in [0.15, 0.2) is 5.65 Å². The van der Waals surface area contributed by atoms with Crippen molar-refractivity contribution < 1.29 is 4.79 Å². The first kappa shape index (κ1) is 10.3. The molecule has 0 saturated carbocycles. The second-order valence-corrected chi connectivity index (χ2v) is 3.50. The van der Waals surface area contributed by atoms with Gasteiger partial charge in [-0.1, -0.05) is 0 Å². The topological polar surface area (TPSA) is 86.8 Å². The van der Waals surface area contributed by atoms with Gasteiger partial charge in [-0.15, -0.1) is 0 Å². The molecule has 0 fully saturated rings. The zero-order valence-electron chi connectivity index (χ0n) is 9.06. The fraction of sp³-hybridized carbons (Fsp3) is 0.333. The van der Waals surface area contributed by atoms with Crippen LogP contribution < -0.4 is 5.32 Å². The molecule has 0 spiro atoms. The molecule has 0 bridgehead atoms. The van der Waals surface area contributed by atoms with Crippen LogP contribution in [0.4, 0.5) is 5.82 Å². The number of likely N-dealkylation sites (N-methyl/N-ethyl adjacent to an activating group) is 1. The Morgan fingerprint density at radius 1 is 1.50 bits per heavy atom. The summed E-state index contributed by atoms with van der Waals surface area (Å²) >= 11 is 0. The van der Waals surface area contributed by atoms with E-state index < -0.39 is 0 Å². The van der Waals surface area contributed by atoms with Gasteiger partial charge in [0, 0.05) is 14.1 Å². The number of rotatable bonds is 3. The third-order valence-corrected chi connectivity index (χ3v) is 2.15. The van der Waals surface area contributed by atoms with Gasteiger partial charge in [-0.3, -0.25) is 9.89 Å². The van der Waals surface area contributed by atoms with E-state index in [-0.39, 0.29) is 12.5 Å². The number of aromatic nitrogens is 4. The zero-order chi connectivity index (χ0) is 11.5. The summed E-state index contributed by atoms with van der Waals surface area (Å²) in [6.45, 7) is 0.199. The maximum absolute atomic E-state index is 11.4. The highest BCUT2D eigenvalue weighted by atomic mass is 16.2. The molecule has 2 rings (SSSR count). The summed E-state index contributed by atoms with van der Waals surface area (Å²) in [5.41, 5.74) is 0.648. The highest BCUT2D eigenvalue weighted by Gasteiger charge is 2.07. The number of hydrogen-bond acceptors (Lipinski definition) is 5. The van der Waals surface area contributed by atoms with Crippen molar-refractivity contribution in [2.75, 3.05) is 26.0 Å². The van der Waals surface area contributed by atoms with Gasteiger partial charge in [-0.2, -0.15) is 5.10 Å². The molecule has 2 heterocycles. The Balaban J connectivity index is 2.15. The molecule has 0 aliphatic heterocycles. The largest absolute Gasteiger partial charge is 0.360 e. The standard InChI is InChI=1S/C9H12N6O/c1-15(2)7(16)4-10-8-6-3-13-14-9(6)12-5-11-8/h3,5H,4H2,1-2H3,(H2,10,11,12,13,14). The Morgan fingerprint density at radius 2 is 2.31 bits per heavy atom. The predicted molar refractivity (Wildman–Crippen MR) is 58.9 cm³/mol. The maximum Gasteiger partial charge on any atom is 0.241 e. The Labute approximate surface area is 91.9 Å². The molecule has 0 aliphatic carbocycles. The van der Waals surface area contributed by atoms with Gasteiger partial charge in [0.25, 0.3) is 0 Å². The molecule has 1 amide bonds. The number of nitrogens with zero attached hydrogens (tertiary/aromatic N) is 4. The second-order valence-electron chi connectivity index (χ2n) is 3.50. The Bertz CT molecular complexity index is 505. The quantitative estimate of drug-likeness (QED) is 0.751. The number of H-pyrrole nitrogens is 1. The van der Waals surface area contributed by atoms with Gasteiger partial charge in [0.05, 0.1) is 18.1 Å². The van der Waals surface area contributed by atoms with Gasteiger partial charge >= 0.3 is 0 Å². The van der Waals surface area contributed by atoms with Crippen LogP contribution in [0.15, 0.2) is 12.5 Å². The normalized spacial score (nSPS) is 10.4. The summed E-state index contributed by atoms with van der Waals surface area (Å²) in [5.74, 6) is 0.587. The average Bonchev–Trinajstić information content (AvgIpc) is 2.73.